The first-order chi connectivity index (χ1) is 10.3. The lowest BCUT2D eigenvalue weighted by atomic mass is 10.2. The summed E-state index contributed by atoms with van der Waals surface area (Å²) < 4.78 is 0. The lowest BCUT2D eigenvalue weighted by Gasteiger charge is -2.11. The molecule has 0 spiro atoms. The summed E-state index contributed by atoms with van der Waals surface area (Å²) in [6.07, 6.45) is 5.30. The Bertz CT molecular complexity index is 548. The zero-order valence-electron chi connectivity index (χ0n) is 12.0. The van der Waals surface area contributed by atoms with Crippen LogP contribution in [-0.2, 0) is 11.2 Å². The van der Waals surface area contributed by atoms with Gasteiger partial charge in [0.25, 0.3) is 0 Å². The van der Waals surface area contributed by atoms with Gasteiger partial charge >= 0.3 is 0 Å². The third-order valence-electron chi connectivity index (χ3n) is 2.94. The molecular weight excluding hydrogens is 282 g/mol. The summed E-state index contributed by atoms with van der Waals surface area (Å²) in [7, 11) is 0. The first-order valence-corrected chi connectivity index (χ1v) is 7.89. The molecule has 1 amide bonds. The highest BCUT2D eigenvalue weighted by atomic mass is 32.2. The maximum absolute atomic E-state index is 12.0. The van der Waals surface area contributed by atoms with Crippen LogP contribution < -0.4 is 5.32 Å². The fourth-order valence-corrected chi connectivity index (χ4v) is 2.65. The lowest BCUT2D eigenvalue weighted by Crippen LogP contribution is -2.31. The molecule has 0 aliphatic heterocycles. The predicted octanol–water partition coefficient (Wildman–Crippen LogP) is 2.71. The summed E-state index contributed by atoms with van der Waals surface area (Å²) in [5.41, 5.74) is 1.06. The third kappa shape index (κ3) is 5.55. The van der Waals surface area contributed by atoms with E-state index in [1.165, 1.54) is 11.8 Å². The summed E-state index contributed by atoms with van der Waals surface area (Å²) in [4.78, 5) is 20.5. The SMILES string of the molecule is C[C@@H](Sc1ccccn1)C(=O)NCCCc1ccccn1. The molecule has 0 saturated heterocycles. The molecule has 0 fully saturated rings. The van der Waals surface area contributed by atoms with Crippen LogP contribution in [-0.4, -0.2) is 27.7 Å². The van der Waals surface area contributed by atoms with Crippen LogP contribution in [0.3, 0.4) is 0 Å². The Morgan fingerprint density at radius 2 is 1.95 bits per heavy atom. The van der Waals surface area contributed by atoms with Gasteiger partial charge in [-0.15, -0.1) is 0 Å². The molecule has 0 aromatic carbocycles. The zero-order chi connectivity index (χ0) is 14.9. The molecular formula is C16H19N3OS. The van der Waals surface area contributed by atoms with Gasteiger partial charge in [0.15, 0.2) is 0 Å². The number of nitrogens with zero attached hydrogens (tertiary/aromatic N) is 2. The van der Waals surface area contributed by atoms with E-state index in [2.05, 4.69) is 15.3 Å². The monoisotopic (exact) mass is 301 g/mol. The highest BCUT2D eigenvalue weighted by Crippen LogP contribution is 2.20. The minimum absolute atomic E-state index is 0.0478. The average Bonchev–Trinajstić information content (AvgIpc) is 2.53. The second-order valence-corrected chi connectivity index (χ2v) is 6.00. The second-order valence-electron chi connectivity index (χ2n) is 4.64. The van der Waals surface area contributed by atoms with E-state index < -0.39 is 0 Å². The van der Waals surface area contributed by atoms with Crippen molar-refractivity contribution in [3.05, 3.63) is 54.5 Å². The van der Waals surface area contributed by atoms with Gasteiger partial charge < -0.3 is 5.32 Å². The van der Waals surface area contributed by atoms with Crippen LogP contribution in [0.5, 0.6) is 0 Å². The van der Waals surface area contributed by atoms with E-state index in [1.807, 2.05) is 43.3 Å². The Labute approximate surface area is 129 Å². The van der Waals surface area contributed by atoms with Crippen molar-refractivity contribution in [3.63, 3.8) is 0 Å². The van der Waals surface area contributed by atoms with Gasteiger partial charge in [0.1, 0.15) is 0 Å². The van der Waals surface area contributed by atoms with Crippen molar-refractivity contribution in [3.8, 4) is 0 Å². The van der Waals surface area contributed by atoms with E-state index in [9.17, 15) is 4.79 Å². The van der Waals surface area contributed by atoms with Gasteiger partial charge in [0.2, 0.25) is 5.91 Å². The molecule has 0 unspecified atom stereocenters. The van der Waals surface area contributed by atoms with Gasteiger partial charge in [-0.2, -0.15) is 0 Å². The predicted molar refractivity (Wildman–Crippen MR) is 85.1 cm³/mol. The molecule has 1 atom stereocenters. The van der Waals surface area contributed by atoms with Crippen LogP contribution in [0.1, 0.15) is 19.0 Å². The third-order valence-corrected chi connectivity index (χ3v) is 3.99. The fraction of sp³-hybridized carbons (Fsp3) is 0.312. The minimum atomic E-state index is -0.144. The summed E-state index contributed by atoms with van der Waals surface area (Å²) >= 11 is 1.47. The maximum atomic E-state index is 12.0. The van der Waals surface area contributed by atoms with Crippen LogP contribution >= 0.6 is 11.8 Å². The number of hydrogen-bond acceptors (Lipinski definition) is 4. The topological polar surface area (TPSA) is 54.9 Å². The Hall–Kier alpha value is -1.88. The van der Waals surface area contributed by atoms with E-state index in [-0.39, 0.29) is 11.2 Å². The van der Waals surface area contributed by atoms with Crippen LogP contribution in [0.25, 0.3) is 0 Å². The van der Waals surface area contributed by atoms with Crippen molar-refractivity contribution in [2.24, 2.45) is 0 Å². The molecule has 4 nitrogen and oxygen atoms in total. The van der Waals surface area contributed by atoms with Gasteiger partial charge in [0, 0.05) is 24.6 Å². The van der Waals surface area contributed by atoms with Gasteiger partial charge in [-0.05, 0) is 44.0 Å². The number of pyridine rings is 2. The van der Waals surface area contributed by atoms with Gasteiger partial charge in [0.05, 0.1) is 10.3 Å². The Balaban J connectivity index is 1.67. The quantitative estimate of drug-likeness (QED) is 0.631. The van der Waals surface area contributed by atoms with Crippen LogP contribution in [0.15, 0.2) is 53.8 Å². The average molecular weight is 301 g/mol. The lowest BCUT2D eigenvalue weighted by molar-refractivity contribution is -0.120. The second kappa shape index (κ2) is 8.42. The first kappa shape index (κ1) is 15.5. The summed E-state index contributed by atoms with van der Waals surface area (Å²) in [5.74, 6) is 0.0478. The molecule has 2 aromatic heterocycles. The highest BCUT2D eigenvalue weighted by Gasteiger charge is 2.14. The van der Waals surface area contributed by atoms with E-state index in [4.69, 9.17) is 0 Å². The smallest absolute Gasteiger partial charge is 0.233 e. The molecule has 21 heavy (non-hydrogen) atoms. The zero-order valence-corrected chi connectivity index (χ0v) is 12.8. The normalized spacial score (nSPS) is 11.9. The van der Waals surface area contributed by atoms with Crippen LogP contribution in [0, 0.1) is 0 Å². The number of thioether (sulfide) groups is 1. The van der Waals surface area contributed by atoms with Gasteiger partial charge in [-0.1, -0.05) is 23.9 Å². The van der Waals surface area contributed by atoms with Crippen molar-refractivity contribution in [1.29, 1.82) is 0 Å². The number of hydrogen-bond donors (Lipinski definition) is 1. The Kier molecular flexibility index (Phi) is 6.22. The molecule has 110 valence electrons. The molecule has 0 radical (unpaired) electrons. The van der Waals surface area contributed by atoms with Crippen molar-refractivity contribution in [2.75, 3.05) is 6.54 Å². The van der Waals surface area contributed by atoms with Crippen molar-refractivity contribution in [2.45, 2.75) is 30.0 Å². The molecule has 0 saturated carbocycles. The number of carbonyl (C=O) groups excluding carboxylic acids is 1. The number of amides is 1. The number of rotatable bonds is 7. The van der Waals surface area contributed by atoms with Crippen molar-refractivity contribution < 1.29 is 4.79 Å². The Morgan fingerprint density at radius 3 is 2.62 bits per heavy atom. The van der Waals surface area contributed by atoms with Crippen LogP contribution in [0.4, 0.5) is 0 Å². The molecule has 2 aromatic rings. The fourth-order valence-electron chi connectivity index (χ4n) is 1.82. The van der Waals surface area contributed by atoms with Crippen molar-refractivity contribution >= 4 is 17.7 Å². The minimum Gasteiger partial charge on any atom is -0.355 e. The largest absolute Gasteiger partial charge is 0.355 e. The number of nitrogens with one attached hydrogen (secondary N) is 1. The first-order valence-electron chi connectivity index (χ1n) is 7.01. The molecule has 5 heteroatoms. The Morgan fingerprint density at radius 1 is 1.19 bits per heavy atom. The van der Waals surface area contributed by atoms with E-state index >= 15 is 0 Å². The van der Waals surface area contributed by atoms with Gasteiger partial charge in [-0.3, -0.25) is 9.78 Å². The summed E-state index contributed by atoms with van der Waals surface area (Å²) in [6.45, 7) is 2.57. The molecule has 0 aliphatic carbocycles. The summed E-state index contributed by atoms with van der Waals surface area (Å²) in [5, 5.41) is 3.68. The maximum Gasteiger partial charge on any atom is 0.233 e. The molecule has 0 aliphatic rings. The molecule has 0 bridgehead atoms. The van der Waals surface area contributed by atoms with E-state index in [1.54, 1.807) is 12.4 Å². The standard InChI is InChI=1S/C16H19N3OS/c1-13(21-15-9-3-5-11-18-15)16(20)19-12-6-8-14-7-2-4-10-17-14/h2-5,7,9-11,13H,6,8,12H2,1H3,(H,19,20)/t13-/m1/s1. The number of carbonyl (C=O) groups is 1. The number of aryl methyl sites for hydroxylation is 1. The molecule has 2 rings (SSSR count). The van der Waals surface area contributed by atoms with E-state index in [0.717, 1.165) is 23.6 Å². The molecule has 1 N–H and O–H groups in total. The van der Waals surface area contributed by atoms with Crippen LogP contribution in [0.2, 0.25) is 0 Å². The summed E-state index contributed by atoms with van der Waals surface area (Å²) in [6, 6.07) is 11.6. The van der Waals surface area contributed by atoms with E-state index in [0.29, 0.717) is 6.54 Å². The number of aromatic nitrogens is 2. The van der Waals surface area contributed by atoms with Crippen molar-refractivity contribution in [1.82, 2.24) is 15.3 Å². The van der Waals surface area contributed by atoms with Gasteiger partial charge in [-0.25, -0.2) is 4.98 Å². The molecule has 2 heterocycles. The highest BCUT2D eigenvalue weighted by molar-refractivity contribution is 8.00.